The fourth-order valence-electron chi connectivity index (χ4n) is 2.73. The first-order chi connectivity index (χ1) is 15.2. The average molecular weight is 453 g/mol. The van der Waals surface area contributed by atoms with Crippen molar-refractivity contribution >= 4 is 25.0 Å². The molecule has 0 radical (unpaired) electrons. The van der Waals surface area contributed by atoms with Crippen LogP contribution < -0.4 is 9.16 Å². The summed E-state index contributed by atoms with van der Waals surface area (Å²) in [4.78, 5) is 9.04. The van der Waals surface area contributed by atoms with Crippen molar-refractivity contribution in [2.24, 2.45) is 10.2 Å². The highest BCUT2D eigenvalue weighted by Crippen LogP contribution is 2.38. The summed E-state index contributed by atoms with van der Waals surface area (Å²) in [5.41, 5.74) is 1.68. The summed E-state index contributed by atoms with van der Waals surface area (Å²) >= 11 is 0. The third-order valence-electron chi connectivity index (χ3n) is 5.59. The number of para-hydroxylation sites is 1. The van der Waals surface area contributed by atoms with Gasteiger partial charge in [-0.2, -0.15) is 5.11 Å². The van der Waals surface area contributed by atoms with Gasteiger partial charge in [-0.3, -0.25) is 0 Å². The molecule has 1 aromatic carbocycles. The van der Waals surface area contributed by atoms with Gasteiger partial charge in [0.25, 0.3) is 8.32 Å². The maximum atomic E-state index is 6.55. The van der Waals surface area contributed by atoms with E-state index in [0.29, 0.717) is 31.3 Å². The molecule has 32 heavy (non-hydrogen) atoms. The number of ether oxygens (including phenoxy) is 2. The normalized spacial score (nSPS) is 12.4. The Morgan fingerprint density at radius 1 is 1.03 bits per heavy atom. The minimum atomic E-state index is -1.98. The largest absolute Gasteiger partial charge is 0.542 e. The van der Waals surface area contributed by atoms with Gasteiger partial charge in [0.1, 0.15) is 30.2 Å². The lowest BCUT2D eigenvalue weighted by atomic mass is 10.2. The van der Waals surface area contributed by atoms with Crippen LogP contribution in [-0.2, 0) is 11.3 Å². The summed E-state index contributed by atoms with van der Waals surface area (Å²) < 4.78 is 17.1. The SMILES string of the molecule is COCCOc1ccnc(N=NCc2ccc3cccc(O[Si](C)(C)C(C)(C)C)c3n2)c1. The molecule has 0 fully saturated rings. The molecule has 0 atom stereocenters. The van der Waals surface area contributed by atoms with Crippen molar-refractivity contribution < 1.29 is 13.9 Å². The van der Waals surface area contributed by atoms with Gasteiger partial charge in [0.05, 0.1) is 12.3 Å². The molecule has 0 bridgehead atoms. The third kappa shape index (κ3) is 6.11. The first-order valence-electron chi connectivity index (χ1n) is 10.7. The van der Waals surface area contributed by atoms with Crippen molar-refractivity contribution in [2.45, 2.75) is 45.4 Å². The summed E-state index contributed by atoms with van der Waals surface area (Å²) in [5, 5.41) is 9.66. The molecule has 0 aliphatic rings. The molecule has 0 saturated heterocycles. The van der Waals surface area contributed by atoms with Crippen molar-refractivity contribution in [3.8, 4) is 11.5 Å². The summed E-state index contributed by atoms with van der Waals surface area (Å²) in [5.74, 6) is 2.00. The second kappa shape index (κ2) is 10.2. The molecule has 0 aliphatic carbocycles. The number of aromatic nitrogens is 2. The van der Waals surface area contributed by atoms with E-state index in [4.69, 9.17) is 18.9 Å². The van der Waals surface area contributed by atoms with Crippen LogP contribution in [0.1, 0.15) is 26.5 Å². The van der Waals surface area contributed by atoms with Gasteiger partial charge in [0, 0.05) is 24.8 Å². The smallest absolute Gasteiger partial charge is 0.250 e. The molecule has 0 N–H and O–H groups in total. The highest BCUT2D eigenvalue weighted by atomic mass is 28.4. The lowest BCUT2D eigenvalue weighted by Gasteiger charge is -2.36. The number of azo groups is 1. The van der Waals surface area contributed by atoms with E-state index < -0.39 is 8.32 Å². The zero-order valence-corrected chi connectivity index (χ0v) is 20.8. The molecule has 0 aliphatic heterocycles. The van der Waals surface area contributed by atoms with Crippen LogP contribution in [0.4, 0.5) is 5.82 Å². The topological polar surface area (TPSA) is 78.2 Å². The lowest BCUT2D eigenvalue weighted by molar-refractivity contribution is 0.146. The first-order valence-corrected chi connectivity index (χ1v) is 13.6. The van der Waals surface area contributed by atoms with Gasteiger partial charge in [0.15, 0.2) is 5.82 Å². The zero-order chi connectivity index (χ0) is 23.2. The molecule has 170 valence electrons. The fraction of sp³-hybridized carbons (Fsp3) is 0.417. The standard InChI is InChI=1S/C24H32N4O3Si/c1-24(2,3)32(5,6)31-21-9-7-8-18-10-11-19(27-23(18)21)17-26-28-22-16-20(12-13-25-22)30-15-14-29-4/h7-13,16H,14-15,17H2,1-6H3. The molecule has 8 heteroatoms. The Labute approximate surface area is 191 Å². The van der Waals surface area contributed by atoms with E-state index in [1.54, 1.807) is 25.4 Å². The Bertz CT molecular complexity index is 1080. The molecule has 7 nitrogen and oxygen atoms in total. The molecule has 3 aromatic rings. The van der Waals surface area contributed by atoms with Crippen LogP contribution in [0, 0.1) is 0 Å². The van der Waals surface area contributed by atoms with Gasteiger partial charge in [-0.05, 0) is 36.3 Å². The quantitative estimate of drug-likeness (QED) is 0.215. The number of rotatable bonds is 9. The van der Waals surface area contributed by atoms with E-state index in [2.05, 4.69) is 49.1 Å². The number of hydrogen-bond donors (Lipinski definition) is 0. The highest BCUT2D eigenvalue weighted by molar-refractivity contribution is 6.74. The Balaban J connectivity index is 1.75. The monoisotopic (exact) mass is 452 g/mol. The van der Waals surface area contributed by atoms with Crippen molar-refractivity contribution in [1.82, 2.24) is 9.97 Å². The minimum Gasteiger partial charge on any atom is -0.542 e. The highest BCUT2D eigenvalue weighted by Gasteiger charge is 2.39. The Morgan fingerprint density at radius 3 is 2.59 bits per heavy atom. The molecule has 3 rings (SSSR count). The van der Waals surface area contributed by atoms with Crippen molar-refractivity contribution in [3.05, 3.63) is 54.4 Å². The van der Waals surface area contributed by atoms with Crippen LogP contribution in [0.25, 0.3) is 10.9 Å². The van der Waals surface area contributed by atoms with E-state index in [1.807, 2.05) is 30.3 Å². The summed E-state index contributed by atoms with van der Waals surface area (Å²) in [7, 11) is -0.340. The molecule has 2 heterocycles. The van der Waals surface area contributed by atoms with E-state index in [0.717, 1.165) is 22.3 Å². The van der Waals surface area contributed by atoms with Crippen LogP contribution in [0.5, 0.6) is 11.5 Å². The van der Waals surface area contributed by atoms with Crippen LogP contribution in [0.3, 0.4) is 0 Å². The minimum absolute atomic E-state index is 0.107. The van der Waals surface area contributed by atoms with Gasteiger partial charge in [-0.15, -0.1) is 5.11 Å². The summed E-state index contributed by atoms with van der Waals surface area (Å²) in [6.45, 7) is 12.5. The number of methoxy groups -OCH3 is 1. The first kappa shape index (κ1) is 23.8. The second-order valence-electron chi connectivity index (χ2n) is 9.08. The number of fused-ring (bicyclic) bond motifs is 1. The molecule has 2 aromatic heterocycles. The van der Waals surface area contributed by atoms with Crippen LogP contribution >= 0.6 is 0 Å². The van der Waals surface area contributed by atoms with Crippen LogP contribution in [-0.4, -0.2) is 38.6 Å². The number of nitrogens with zero attached hydrogens (tertiary/aromatic N) is 4. The third-order valence-corrected chi connectivity index (χ3v) is 9.93. The van der Waals surface area contributed by atoms with Gasteiger partial charge in [-0.25, -0.2) is 9.97 Å². The number of benzene rings is 1. The lowest BCUT2D eigenvalue weighted by Crippen LogP contribution is -2.43. The zero-order valence-electron chi connectivity index (χ0n) is 19.8. The van der Waals surface area contributed by atoms with E-state index >= 15 is 0 Å². The maximum absolute atomic E-state index is 6.55. The van der Waals surface area contributed by atoms with Crippen molar-refractivity contribution in [3.63, 3.8) is 0 Å². The van der Waals surface area contributed by atoms with E-state index in [9.17, 15) is 0 Å². The van der Waals surface area contributed by atoms with Gasteiger partial charge in [-0.1, -0.05) is 39.0 Å². The molecule has 0 spiro atoms. The van der Waals surface area contributed by atoms with Crippen LogP contribution in [0.15, 0.2) is 58.9 Å². The Kier molecular flexibility index (Phi) is 7.58. The molecular formula is C24H32N4O3Si. The molecule has 0 saturated carbocycles. The van der Waals surface area contributed by atoms with Gasteiger partial charge >= 0.3 is 0 Å². The van der Waals surface area contributed by atoms with Crippen LogP contribution in [0.2, 0.25) is 18.1 Å². The van der Waals surface area contributed by atoms with Gasteiger partial charge < -0.3 is 13.9 Å². The molecule has 0 unspecified atom stereocenters. The van der Waals surface area contributed by atoms with Crippen molar-refractivity contribution in [2.75, 3.05) is 20.3 Å². The molecule has 0 amide bonds. The number of hydrogen-bond acceptors (Lipinski definition) is 7. The van der Waals surface area contributed by atoms with E-state index in [1.165, 1.54) is 0 Å². The predicted octanol–water partition coefficient (Wildman–Crippen LogP) is 6.32. The summed E-state index contributed by atoms with van der Waals surface area (Å²) in [6.07, 6.45) is 1.65. The maximum Gasteiger partial charge on any atom is 0.250 e. The molecular weight excluding hydrogens is 420 g/mol. The predicted molar refractivity (Wildman–Crippen MR) is 129 cm³/mol. The average Bonchev–Trinajstić information content (AvgIpc) is 2.74. The summed E-state index contributed by atoms with van der Waals surface area (Å²) in [6, 6.07) is 13.6. The Morgan fingerprint density at radius 2 is 1.84 bits per heavy atom. The second-order valence-corrected chi connectivity index (χ2v) is 13.8. The van der Waals surface area contributed by atoms with E-state index in [-0.39, 0.29) is 5.04 Å². The van der Waals surface area contributed by atoms with Gasteiger partial charge in [0.2, 0.25) is 0 Å². The van der Waals surface area contributed by atoms with Crippen molar-refractivity contribution in [1.29, 1.82) is 0 Å². The Hall–Kier alpha value is -2.84. The number of pyridine rings is 2. The fourth-order valence-corrected chi connectivity index (χ4v) is 3.75.